The molecule has 1 saturated heterocycles. The molecule has 5 heteroatoms. The van der Waals surface area contributed by atoms with Gasteiger partial charge in [-0.1, -0.05) is 6.07 Å². The summed E-state index contributed by atoms with van der Waals surface area (Å²) < 4.78 is 0. The van der Waals surface area contributed by atoms with Gasteiger partial charge in [-0.25, -0.2) is 9.97 Å². The van der Waals surface area contributed by atoms with Crippen molar-refractivity contribution in [3.8, 4) is 0 Å². The molecule has 1 aliphatic heterocycles. The van der Waals surface area contributed by atoms with Crippen molar-refractivity contribution < 1.29 is 4.79 Å². The Hall–Kier alpha value is -2.43. The minimum absolute atomic E-state index is 0.0383. The van der Waals surface area contributed by atoms with E-state index in [1.807, 2.05) is 39.0 Å². The second-order valence-electron chi connectivity index (χ2n) is 6.65. The van der Waals surface area contributed by atoms with E-state index in [0.717, 1.165) is 47.8 Å². The summed E-state index contributed by atoms with van der Waals surface area (Å²) in [6, 6.07) is 8.01. The fraction of sp³-hybridized carbons (Fsp3) is 0.421. The molecule has 0 unspecified atom stereocenters. The summed E-state index contributed by atoms with van der Waals surface area (Å²) in [7, 11) is 0. The number of aromatic nitrogens is 2. The van der Waals surface area contributed by atoms with Gasteiger partial charge in [0.25, 0.3) is 0 Å². The zero-order valence-electron chi connectivity index (χ0n) is 14.5. The maximum Gasteiger partial charge on any atom is 0.229 e. The fourth-order valence-corrected chi connectivity index (χ4v) is 3.25. The SMILES string of the molecule is Cc1cc(C)cc(NC(=O)[C@H]2CCCN(c3nccc(C)n3)C2)c1. The van der Waals surface area contributed by atoms with E-state index in [2.05, 4.69) is 26.3 Å². The molecule has 2 heterocycles. The number of aryl methyl sites for hydroxylation is 3. The smallest absolute Gasteiger partial charge is 0.229 e. The van der Waals surface area contributed by atoms with E-state index in [-0.39, 0.29) is 11.8 Å². The summed E-state index contributed by atoms with van der Waals surface area (Å²) in [5, 5.41) is 3.07. The normalized spacial score (nSPS) is 17.6. The highest BCUT2D eigenvalue weighted by atomic mass is 16.1. The molecular weight excluding hydrogens is 300 g/mol. The molecule has 0 saturated carbocycles. The number of hydrogen-bond donors (Lipinski definition) is 1. The molecule has 0 radical (unpaired) electrons. The fourth-order valence-electron chi connectivity index (χ4n) is 3.25. The van der Waals surface area contributed by atoms with Crippen LogP contribution in [-0.4, -0.2) is 29.0 Å². The van der Waals surface area contributed by atoms with Gasteiger partial charge in [0.2, 0.25) is 11.9 Å². The molecule has 1 fully saturated rings. The predicted molar refractivity (Wildman–Crippen MR) is 96.3 cm³/mol. The number of anilines is 2. The van der Waals surface area contributed by atoms with Crippen molar-refractivity contribution in [2.24, 2.45) is 5.92 Å². The number of carbonyl (C=O) groups is 1. The number of nitrogens with one attached hydrogen (secondary N) is 1. The minimum atomic E-state index is -0.0383. The average Bonchev–Trinajstić information content (AvgIpc) is 2.54. The largest absolute Gasteiger partial charge is 0.340 e. The summed E-state index contributed by atoms with van der Waals surface area (Å²) in [5.41, 5.74) is 4.13. The summed E-state index contributed by atoms with van der Waals surface area (Å²) >= 11 is 0. The van der Waals surface area contributed by atoms with Gasteiger partial charge < -0.3 is 10.2 Å². The van der Waals surface area contributed by atoms with E-state index in [9.17, 15) is 4.79 Å². The Bertz CT molecular complexity index is 724. The van der Waals surface area contributed by atoms with Crippen LogP contribution in [0.4, 0.5) is 11.6 Å². The molecule has 0 spiro atoms. The van der Waals surface area contributed by atoms with E-state index in [1.54, 1.807) is 6.20 Å². The van der Waals surface area contributed by atoms with Gasteiger partial charge in [-0.3, -0.25) is 4.79 Å². The van der Waals surface area contributed by atoms with Gasteiger partial charge in [-0.15, -0.1) is 0 Å². The first-order valence-electron chi connectivity index (χ1n) is 8.45. The number of piperidine rings is 1. The highest BCUT2D eigenvalue weighted by Gasteiger charge is 2.27. The van der Waals surface area contributed by atoms with Crippen LogP contribution < -0.4 is 10.2 Å². The van der Waals surface area contributed by atoms with E-state index in [0.29, 0.717) is 6.54 Å². The average molecular weight is 324 g/mol. The molecule has 2 aromatic rings. The number of benzene rings is 1. The van der Waals surface area contributed by atoms with Gasteiger partial charge in [0, 0.05) is 30.7 Å². The zero-order chi connectivity index (χ0) is 17.1. The van der Waals surface area contributed by atoms with Crippen LogP contribution in [0.1, 0.15) is 29.7 Å². The van der Waals surface area contributed by atoms with Crippen molar-refractivity contribution >= 4 is 17.5 Å². The Balaban J connectivity index is 1.69. The summed E-state index contributed by atoms with van der Waals surface area (Å²) in [5.74, 6) is 0.764. The third-order valence-electron chi connectivity index (χ3n) is 4.35. The lowest BCUT2D eigenvalue weighted by molar-refractivity contribution is -0.120. The number of rotatable bonds is 3. The molecule has 1 N–H and O–H groups in total. The second-order valence-corrected chi connectivity index (χ2v) is 6.65. The van der Waals surface area contributed by atoms with Gasteiger partial charge in [0.15, 0.2) is 0 Å². The minimum Gasteiger partial charge on any atom is -0.340 e. The monoisotopic (exact) mass is 324 g/mol. The molecule has 0 aliphatic carbocycles. The van der Waals surface area contributed by atoms with E-state index >= 15 is 0 Å². The molecule has 1 aromatic heterocycles. The van der Waals surface area contributed by atoms with Gasteiger partial charge in [0.05, 0.1) is 5.92 Å². The van der Waals surface area contributed by atoms with Crippen LogP contribution in [-0.2, 0) is 4.79 Å². The van der Waals surface area contributed by atoms with Crippen LogP contribution in [0.3, 0.4) is 0 Å². The quantitative estimate of drug-likeness (QED) is 0.941. The third kappa shape index (κ3) is 3.91. The van der Waals surface area contributed by atoms with Crippen molar-refractivity contribution in [3.63, 3.8) is 0 Å². The zero-order valence-corrected chi connectivity index (χ0v) is 14.5. The standard InChI is InChI=1S/C19H24N4O/c1-13-9-14(2)11-17(10-13)22-18(24)16-5-4-8-23(12-16)19-20-7-6-15(3)21-19/h6-7,9-11,16H,4-5,8,12H2,1-3H3,(H,22,24)/t16-/m0/s1. The Kier molecular flexibility index (Phi) is 4.79. The van der Waals surface area contributed by atoms with Gasteiger partial charge in [-0.2, -0.15) is 0 Å². The van der Waals surface area contributed by atoms with Crippen LogP contribution in [0.2, 0.25) is 0 Å². The number of nitrogens with zero attached hydrogens (tertiary/aromatic N) is 3. The van der Waals surface area contributed by atoms with Gasteiger partial charge in [-0.05, 0) is 62.9 Å². The first-order chi connectivity index (χ1) is 11.5. The number of hydrogen-bond acceptors (Lipinski definition) is 4. The topological polar surface area (TPSA) is 58.1 Å². The Labute approximate surface area is 143 Å². The first-order valence-corrected chi connectivity index (χ1v) is 8.45. The molecular formula is C19H24N4O. The molecule has 0 bridgehead atoms. The maximum atomic E-state index is 12.7. The molecule has 3 rings (SSSR count). The molecule has 24 heavy (non-hydrogen) atoms. The van der Waals surface area contributed by atoms with Crippen molar-refractivity contribution in [1.82, 2.24) is 9.97 Å². The number of carbonyl (C=O) groups excluding carboxylic acids is 1. The lowest BCUT2D eigenvalue weighted by Gasteiger charge is -2.32. The van der Waals surface area contributed by atoms with Crippen LogP contribution in [0.15, 0.2) is 30.5 Å². The van der Waals surface area contributed by atoms with Crippen LogP contribution >= 0.6 is 0 Å². The van der Waals surface area contributed by atoms with E-state index < -0.39 is 0 Å². The van der Waals surface area contributed by atoms with Crippen LogP contribution in [0.5, 0.6) is 0 Å². The summed E-state index contributed by atoms with van der Waals surface area (Å²) in [4.78, 5) is 23.6. The van der Waals surface area contributed by atoms with Crippen LogP contribution in [0, 0.1) is 26.7 Å². The Morgan fingerprint density at radius 3 is 2.67 bits per heavy atom. The van der Waals surface area contributed by atoms with Crippen molar-refractivity contribution in [2.45, 2.75) is 33.6 Å². The van der Waals surface area contributed by atoms with Crippen LogP contribution in [0.25, 0.3) is 0 Å². The lowest BCUT2D eigenvalue weighted by Crippen LogP contribution is -2.41. The molecule has 1 amide bonds. The Morgan fingerprint density at radius 2 is 1.96 bits per heavy atom. The summed E-state index contributed by atoms with van der Waals surface area (Å²) in [6.07, 6.45) is 3.65. The Morgan fingerprint density at radius 1 is 1.21 bits per heavy atom. The highest BCUT2D eigenvalue weighted by Crippen LogP contribution is 2.22. The van der Waals surface area contributed by atoms with E-state index in [4.69, 9.17) is 0 Å². The number of amides is 1. The van der Waals surface area contributed by atoms with E-state index in [1.165, 1.54) is 0 Å². The lowest BCUT2D eigenvalue weighted by atomic mass is 9.97. The van der Waals surface area contributed by atoms with Crippen molar-refractivity contribution in [2.75, 3.05) is 23.3 Å². The first kappa shape index (κ1) is 16.4. The van der Waals surface area contributed by atoms with Crippen molar-refractivity contribution in [3.05, 3.63) is 47.3 Å². The molecule has 126 valence electrons. The van der Waals surface area contributed by atoms with Gasteiger partial charge in [0.1, 0.15) is 0 Å². The van der Waals surface area contributed by atoms with Crippen molar-refractivity contribution in [1.29, 1.82) is 0 Å². The molecule has 5 nitrogen and oxygen atoms in total. The summed E-state index contributed by atoms with van der Waals surface area (Å²) in [6.45, 7) is 7.61. The predicted octanol–water partition coefficient (Wildman–Crippen LogP) is 3.26. The third-order valence-corrected chi connectivity index (χ3v) is 4.35. The maximum absolute atomic E-state index is 12.7. The molecule has 1 aliphatic rings. The molecule has 1 aromatic carbocycles. The second kappa shape index (κ2) is 6.99. The van der Waals surface area contributed by atoms with Gasteiger partial charge >= 0.3 is 0 Å². The molecule has 1 atom stereocenters. The highest BCUT2D eigenvalue weighted by molar-refractivity contribution is 5.93.